The standard InChI is InChI=1S/C21H22ClN3O5S/c1-13-11-17-18(30-14(2)20(26)23-17)12-19(13)31(28,29)25-9-7-24(8-10-25)21(27)15-3-5-16(22)6-4-15/h3-6,11-12,14H,7-10H2,1-2H3,(H,23,26). The molecule has 31 heavy (non-hydrogen) atoms. The van der Waals surface area contributed by atoms with Crippen LogP contribution in [0.2, 0.25) is 5.02 Å². The molecule has 2 heterocycles. The van der Waals surface area contributed by atoms with E-state index in [1.165, 1.54) is 10.4 Å². The molecule has 0 bridgehead atoms. The maximum Gasteiger partial charge on any atom is 0.265 e. The highest BCUT2D eigenvalue weighted by Crippen LogP contribution is 2.35. The summed E-state index contributed by atoms with van der Waals surface area (Å²) in [5.74, 6) is -0.103. The predicted molar refractivity (Wildman–Crippen MR) is 116 cm³/mol. The molecule has 1 saturated heterocycles. The molecule has 2 aliphatic heterocycles. The number of ether oxygens (including phenoxy) is 1. The molecule has 164 valence electrons. The number of rotatable bonds is 3. The molecule has 2 aromatic carbocycles. The first kappa shape index (κ1) is 21.6. The molecule has 0 aromatic heterocycles. The third-order valence-corrected chi connectivity index (χ3v) is 7.74. The van der Waals surface area contributed by atoms with Crippen LogP contribution >= 0.6 is 11.6 Å². The van der Waals surface area contributed by atoms with E-state index < -0.39 is 16.1 Å². The number of hydrogen-bond acceptors (Lipinski definition) is 5. The van der Waals surface area contributed by atoms with Gasteiger partial charge >= 0.3 is 0 Å². The number of benzene rings is 2. The van der Waals surface area contributed by atoms with Crippen LogP contribution in [0.1, 0.15) is 22.8 Å². The molecule has 1 unspecified atom stereocenters. The monoisotopic (exact) mass is 463 g/mol. The maximum atomic E-state index is 13.3. The third-order valence-electron chi connectivity index (χ3n) is 5.44. The van der Waals surface area contributed by atoms with Crippen molar-refractivity contribution >= 4 is 39.1 Å². The summed E-state index contributed by atoms with van der Waals surface area (Å²) < 4.78 is 33.5. The molecule has 10 heteroatoms. The van der Waals surface area contributed by atoms with Crippen molar-refractivity contribution in [1.82, 2.24) is 9.21 Å². The second-order valence-electron chi connectivity index (χ2n) is 7.57. The lowest BCUT2D eigenvalue weighted by molar-refractivity contribution is -0.122. The molecule has 0 spiro atoms. The Balaban J connectivity index is 1.51. The van der Waals surface area contributed by atoms with Gasteiger partial charge < -0.3 is 15.0 Å². The van der Waals surface area contributed by atoms with E-state index in [1.54, 1.807) is 49.1 Å². The largest absolute Gasteiger partial charge is 0.479 e. The second-order valence-corrected chi connectivity index (χ2v) is 9.91. The molecule has 0 aliphatic carbocycles. The molecule has 2 aliphatic rings. The second kappa shape index (κ2) is 8.14. The average molecular weight is 464 g/mol. The smallest absolute Gasteiger partial charge is 0.265 e. The van der Waals surface area contributed by atoms with Crippen LogP contribution in [0.25, 0.3) is 0 Å². The SMILES string of the molecule is Cc1cc2c(cc1S(=O)(=O)N1CCN(C(=O)c3ccc(Cl)cc3)CC1)OC(C)C(=O)N2. The quantitative estimate of drug-likeness (QED) is 0.754. The Morgan fingerprint density at radius 3 is 2.42 bits per heavy atom. The summed E-state index contributed by atoms with van der Waals surface area (Å²) in [6.45, 7) is 4.22. The van der Waals surface area contributed by atoms with Crippen molar-refractivity contribution in [2.75, 3.05) is 31.5 Å². The highest BCUT2D eigenvalue weighted by atomic mass is 35.5. The summed E-state index contributed by atoms with van der Waals surface area (Å²) in [6, 6.07) is 9.68. The zero-order valence-corrected chi connectivity index (χ0v) is 18.7. The van der Waals surface area contributed by atoms with Gasteiger partial charge in [-0.15, -0.1) is 0 Å². The fraction of sp³-hybridized carbons (Fsp3) is 0.333. The van der Waals surface area contributed by atoms with Gasteiger partial charge in [0.2, 0.25) is 10.0 Å². The van der Waals surface area contributed by atoms with E-state index in [1.807, 2.05) is 0 Å². The predicted octanol–water partition coefficient (Wildman–Crippen LogP) is 2.51. The number of carbonyl (C=O) groups excluding carboxylic acids is 2. The molecular weight excluding hydrogens is 442 g/mol. The maximum absolute atomic E-state index is 13.3. The number of fused-ring (bicyclic) bond motifs is 1. The third kappa shape index (κ3) is 4.13. The van der Waals surface area contributed by atoms with E-state index >= 15 is 0 Å². The number of halogens is 1. The van der Waals surface area contributed by atoms with Crippen LogP contribution in [-0.2, 0) is 14.8 Å². The van der Waals surface area contributed by atoms with Gasteiger partial charge in [-0.3, -0.25) is 9.59 Å². The summed E-state index contributed by atoms with van der Waals surface area (Å²) in [5.41, 5.74) is 1.48. The number of nitrogens with one attached hydrogen (secondary N) is 1. The van der Waals surface area contributed by atoms with Crippen LogP contribution in [0.3, 0.4) is 0 Å². The normalized spacial score (nSPS) is 19.4. The molecule has 2 amide bonds. The lowest BCUT2D eigenvalue weighted by Crippen LogP contribution is -2.50. The van der Waals surface area contributed by atoms with Crippen molar-refractivity contribution in [3.63, 3.8) is 0 Å². The van der Waals surface area contributed by atoms with Gasteiger partial charge in [0.05, 0.1) is 10.6 Å². The van der Waals surface area contributed by atoms with E-state index in [0.29, 0.717) is 27.6 Å². The first-order valence-corrected chi connectivity index (χ1v) is 11.7. The zero-order valence-electron chi connectivity index (χ0n) is 17.1. The Kier molecular flexibility index (Phi) is 5.67. The van der Waals surface area contributed by atoms with Gasteiger partial charge in [0, 0.05) is 42.8 Å². The van der Waals surface area contributed by atoms with Crippen molar-refractivity contribution in [3.8, 4) is 5.75 Å². The molecule has 4 rings (SSSR count). The van der Waals surface area contributed by atoms with Crippen molar-refractivity contribution < 1.29 is 22.7 Å². The summed E-state index contributed by atoms with van der Waals surface area (Å²) in [6.07, 6.45) is -0.701. The van der Waals surface area contributed by atoms with E-state index in [0.717, 1.165) is 0 Å². The Labute approximate surface area is 185 Å². The molecule has 1 fully saturated rings. The van der Waals surface area contributed by atoms with Gasteiger partial charge in [0.15, 0.2) is 6.10 Å². The van der Waals surface area contributed by atoms with Gasteiger partial charge in [-0.1, -0.05) is 11.6 Å². The van der Waals surface area contributed by atoms with Crippen molar-refractivity contribution in [1.29, 1.82) is 0 Å². The first-order valence-electron chi connectivity index (χ1n) is 9.84. The first-order chi connectivity index (χ1) is 14.7. The molecule has 2 aromatic rings. The van der Waals surface area contributed by atoms with Crippen LogP contribution < -0.4 is 10.1 Å². The zero-order chi connectivity index (χ0) is 22.3. The summed E-state index contributed by atoms with van der Waals surface area (Å²) >= 11 is 5.87. The Morgan fingerprint density at radius 1 is 1.13 bits per heavy atom. The molecular formula is C21H22ClN3O5S. The van der Waals surface area contributed by atoms with Crippen LogP contribution in [0.15, 0.2) is 41.3 Å². The van der Waals surface area contributed by atoms with Crippen LogP contribution in [0, 0.1) is 6.92 Å². The van der Waals surface area contributed by atoms with Crippen LogP contribution in [0.5, 0.6) is 5.75 Å². The number of anilines is 1. The lowest BCUT2D eigenvalue weighted by Gasteiger charge is -2.34. The topological polar surface area (TPSA) is 96.0 Å². The fourth-order valence-electron chi connectivity index (χ4n) is 3.67. The van der Waals surface area contributed by atoms with Crippen molar-refractivity contribution in [3.05, 3.63) is 52.5 Å². The number of piperazine rings is 1. The fourth-order valence-corrected chi connectivity index (χ4v) is 5.44. The number of hydrogen-bond donors (Lipinski definition) is 1. The highest BCUT2D eigenvalue weighted by Gasteiger charge is 2.33. The average Bonchev–Trinajstić information content (AvgIpc) is 2.74. The van der Waals surface area contributed by atoms with E-state index in [-0.39, 0.29) is 42.9 Å². The van der Waals surface area contributed by atoms with Gasteiger partial charge in [0.1, 0.15) is 5.75 Å². The Morgan fingerprint density at radius 2 is 1.77 bits per heavy atom. The van der Waals surface area contributed by atoms with E-state index in [9.17, 15) is 18.0 Å². The number of aryl methyl sites for hydroxylation is 1. The minimum absolute atomic E-state index is 0.132. The van der Waals surface area contributed by atoms with E-state index in [4.69, 9.17) is 16.3 Å². The van der Waals surface area contributed by atoms with Crippen LogP contribution in [-0.4, -0.2) is 61.7 Å². The summed E-state index contributed by atoms with van der Waals surface area (Å²) in [7, 11) is -3.79. The molecule has 0 saturated carbocycles. The Hall–Kier alpha value is -2.62. The minimum atomic E-state index is -3.79. The number of nitrogens with zero attached hydrogens (tertiary/aromatic N) is 2. The van der Waals surface area contributed by atoms with Crippen LogP contribution in [0.4, 0.5) is 5.69 Å². The lowest BCUT2D eigenvalue weighted by atomic mass is 10.1. The summed E-state index contributed by atoms with van der Waals surface area (Å²) in [5, 5.41) is 3.27. The minimum Gasteiger partial charge on any atom is -0.479 e. The molecule has 1 atom stereocenters. The molecule has 8 nitrogen and oxygen atoms in total. The number of sulfonamides is 1. The van der Waals surface area contributed by atoms with Gasteiger partial charge in [0.25, 0.3) is 11.8 Å². The number of amides is 2. The highest BCUT2D eigenvalue weighted by molar-refractivity contribution is 7.89. The van der Waals surface area contributed by atoms with Gasteiger partial charge in [-0.25, -0.2) is 8.42 Å². The van der Waals surface area contributed by atoms with E-state index in [2.05, 4.69) is 5.32 Å². The van der Waals surface area contributed by atoms with Gasteiger partial charge in [-0.2, -0.15) is 4.31 Å². The Bertz CT molecular complexity index is 1140. The van der Waals surface area contributed by atoms with Gasteiger partial charge in [-0.05, 0) is 49.7 Å². The summed E-state index contributed by atoms with van der Waals surface area (Å²) in [4.78, 5) is 26.2. The molecule has 1 N–H and O–H groups in total. The van der Waals surface area contributed by atoms with Crippen molar-refractivity contribution in [2.45, 2.75) is 24.8 Å². The molecule has 0 radical (unpaired) electrons. The number of carbonyl (C=O) groups is 2. The van der Waals surface area contributed by atoms with Crippen molar-refractivity contribution in [2.24, 2.45) is 0 Å².